The zero-order valence-electron chi connectivity index (χ0n) is 18.5. The molecule has 1 N–H and O–H groups in total. The van der Waals surface area contributed by atoms with Crippen molar-refractivity contribution in [3.05, 3.63) is 75.8 Å². The molecule has 168 valence electrons. The Balaban J connectivity index is 1.48. The quantitative estimate of drug-likeness (QED) is 0.621. The van der Waals surface area contributed by atoms with Gasteiger partial charge in [-0.2, -0.15) is 5.10 Å². The number of nitrogens with zero attached hydrogens (tertiary/aromatic N) is 4. The Kier molecular flexibility index (Phi) is 6.48. The number of hydrogen-bond donors (Lipinski definition) is 1. The second kappa shape index (κ2) is 9.30. The third-order valence-electron chi connectivity index (χ3n) is 5.84. The molecule has 0 bridgehead atoms. The van der Waals surface area contributed by atoms with Crippen LogP contribution in [0.1, 0.15) is 27.2 Å². The maximum absolute atomic E-state index is 13.2. The van der Waals surface area contributed by atoms with Crippen molar-refractivity contribution >= 4 is 28.9 Å². The maximum Gasteiger partial charge on any atom is 0.260 e. The van der Waals surface area contributed by atoms with Gasteiger partial charge in [0.25, 0.3) is 5.91 Å². The third kappa shape index (κ3) is 4.79. The summed E-state index contributed by atoms with van der Waals surface area (Å²) >= 11 is 6.50. The number of amides is 1. The van der Waals surface area contributed by atoms with E-state index in [4.69, 9.17) is 11.6 Å². The largest absolute Gasteiger partial charge is 0.369 e. The van der Waals surface area contributed by atoms with Crippen LogP contribution in [0.4, 0.5) is 15.8 Å². The van der Waals surface area contributed by atoms with Gasteiger partial charge in [0, 0.05) is 37.6 Å². The van der Waals surface area contributed by atoms with Gasteiger partial charge < -0.3 is 15.1 Å². The lowest BCUT2D eigenvalue weighted by Crippen LogP contribution is -2.44. The lowest BCUT2D eigenvalue weighted by molar-refractivity contribution is 0.102. The molecule has 1 fully saturated rings. The fourth-order valence-corrected chi connectivity index (χ4v) is 4.33. The first-order valence-electron chi connectivity index (χ1n) is 10.6. The van der Waals surface area contributed by atoms with E-state index in [2.05, 4.69) is 40.3 Å². The number of hydrogen-bond acceptors (Lipinski definition) is 4. The van der Waals surface area contributed by atoms with Gasteiger partial charge in [0.05, 0.1) is 17.8 Å². The Labute approximate surface area is 192 Å². The highest BCUT2D eigenvalue weighted by atomic mass is 35.5. The summed E-state index contributed by atoms with van der Waals surface area (Å²) in [6.07, 6.45) is 0. The number of piperazine rings is 1. The number of aryl methyl sites for hydroxylation is 2. The van der Waals surface area contributed by atoms with E-state index in [1.807, 2.05) is 12.1 Å². The molecule has 32 heavy (non-hydrogen) atoms. The summed E-state index contributed by atoms with van der Waals surface area (Å²) in [5, 5.41) is 7.62. The highest BCUT2D eigenvalue weighted by Gasteiger charge is 2.21. The second-order valence-corrected chi connectivity index (χ2v) is 8.64. The molecule has 0 radical (unpaired) electrons. The highest BCUT2D eigenvalue weighted by molar-refractivity contribution is 6.33. The minimum absolute atomic E-state index is 0.259. The third-order valence-corrected chi connectivity index (χ3v) is 6.22. The van der Waals surface area contributed by atoms with Gasteiger partial charge in [-0.1, -0.05) is 23.7 Å². The molecule has 0 saturated carbocycles. The van der Waals surface area contributed by atoms with E-state index in [-0.39, 0.29) is 16.9 Å². The van der Waals surface area contributed by atoms with Crippen molar-refractivity contribution in [2.45, 2.75) is 20.4 Å². The summed E-state index contributed by atoms with van der Waals surface area (Å²) in [6, 6.07) is 12.1. The smallest absolute Gasteiger partial charge is 0.260 e. The van der Waals surface area contributed by atoms with Crippen molar-refractivity contribution in [1.82, 2.24) is 14.7 Å². The van der Waals surface area contributed by atoms with Crippen LogP contribution in [0.2, 0.25) is 5.15 Å². The first-order chi connectivity index (χ1) is 15.3. The standard InChI is InChI=1S/C24H27ClFN5O/c1-16-14-20(8-9-21(16)30-12-10-29(3)11-13-30)27-24(32)22-17(2)28-31(23(22)25)15-18-4-6-19(26)7-5-18/h4-9,14H,10-13,15H2,1-3H3,(H,27,32). The molecule has 1 amide bonds. The number of halogens is 2. The summed E-state index contributed by atoms with van der Waals surface area (Å²) in [6.45, 7) is 8.23. The topological polar surface area (TPSA) is 53.4 Å². The lowest BCUT2D eigenvalue weighted by Gasteiger charge is -2.35. The molecule has 8 heteroatoms. The van der Waals surface area contributed by atoms with E-state index in [1.54, 1.807) is 23.7 Å². The van der Waals surface area contributed by atoms with Crippen LogP contribution >= 0.6 is 11.6 Å². The Morgan fingerprint density at radius 2 is 1.78 bits per heavy atom. The predicted molar refractivity (Wildman–Crippen MR) is 126 cm³/mol. The number of nitrogens with one attached hydrogen (secondary N) is 1. The van der Waals surface area contributed by atoms with Crippen molar-refractivity contribution in [3.63, 3.8) is 0 Å². The molecule has 0 aliphatic carbocycles. The van der Waals surface area contributed by atoms with Crippen LogP contribution in [0.3, 0.4) is 0 Å². The van der Waals surface area contributed by atoms with Gasteiger partial charge in [-0.3, -0.25) is 4.79 Å². The number of carbonyl (C=O) groups excluding carboxylic acids is 1. The average Bonchev–Trinajstić information content (AvgIpc) is 3.03. The van der Waals surface area contributed by atoms with Gasteiger partial charge in [-0.05, 0) is 62.4 Å². The summed E-state index contributed by atoms with van der Waals surface area (Å²) in [7, 11) is 2.14. The van der Waals surface area contributed by atoms with Crippen LogP contribution in [0.5, 0.6) is 0 Å². The molecule has 2 aromatic carbocycles. The normalized spacial score (nSPS) is 14.6. The van der Waals surface area contributed by atoms with Crippen LogP contribution in [0, 0.1) is 19.7 Å². The molecule has 1 saturated heterocycles. The molecule has 0 atom stereocenters. The molecule has 4 rings (SSSR count). The maximum atomic E-state index is 13.2. The Hall–Kier alpha value is -2.90. The first-order valence-corrected chi connectivity index (χ1v) is 11.0. The monoisotopic (exact) mass is 455 g/mol. The number of aromatic nitrogens is 2. The molecule has 6 nitrogen and oxygen atoms in total. The Morgan fingerprint density at radius 1 is 1.09 bits per heavy atom. The minimum atomic E-state index is -0.301. The van der Waals surface area contributed by atoms with Gasteiger partial charge in [0.15, 0.2) is 0 Å². The number of carbonyl (C=O) groups is 1. The van der Waals surface area contributed by atoms with Crippen LogP contribution in [0.25, 0.3) is 0 Å². The van der Waals surface area contributed by atoms with E-state index in [1.165, 1.54) is 17.8 Å². The summed E-state index contributed by atoms with van der Waals surface area (Å²) in [5.41, 5.74) is 4.75. The second-order valence-electron chi connectivity index (χ2n) is 8.28. The van der Waals surface area contributed by atoms with Crippen LogP contribution in [-0.4, -0.2) is 53.8 Å². The van der Waals surface area contributed by atoms with Gasteiger partial charge in [0.1, 0.15) is 11.0 Å². The van der Waals surface area contributed by atoms with E-state index in [9.17, 15) is 9.18 Å². The minimum Gasteiger partial charge on any atom is -0.369 e. The van der Waals surface area contributed by atoms with E-state index in [0.29, 0.717) is 23.5 Å². The molecular formula is C24H27ClFN5O. The fraction of sp³-hybridized carbons (Fsp3) is 0.333. The van der Waals surface area contributed by atoms with Crippen molar-refractivity contribution < 1.29 is 9.18 Å². The summed E-state index contributed by atoms with van der Waals surface area (Å²) in [4.78, 5) is 17.7. The molecule has 1 aliphatic heterocycles. The van der Waals surface area contributed by atoms with Crippen molar-refractivity contribution in [3.8, 4) is 0 Å². The van der Waals surface area contributed by atoms with Crippen LogP contribution in [-0.2, 0) is 6.54 Å². The first kappa shape index (κ1) is 22.3. The van der Waals surface area contributed by atoms with E-state index in [0.717, 1.165) is 37.3 Å². The van der Waals surface area contributed by atoms with Gasteiger partial charge in [-0.25, -0.2) is 9.07 Å². The molecule has 0 spiro atoms. The van der Waals surface area contributed by atoms with E-state index < -0.39 is 0 Å². The number of anilines is 2. The number of likely N-dealkylation sites (N-methyl/N-ethyl adjacent to an activating group) is 1. The molecule has 3 aromatic rings. The number of rotatable bonds is 5. The molecule has 1 aromatic heterocycles. The van der Waals surface area contributed by atoms with Crippen LogP contribution in [0.15, 0.2) is 42.5 Å². The highest BCUT2D eigenvalue weighted by Crippen LogP contribution is 2.26. The van der Waals surface area contributed by atoms with Gasteiger partial charge >= 0.3 is 0 Å². The Bertz CT molecular complexity index is 1120. The Morgan fingerprint density at radius 3 is 2.44 bits per heavy atom. The van der Waals surface area contributed by atoms with E-state index >= 15 is 0 Å². The fourth-order valence-electron chi connectivity index (χ4n) is 4.01. The average molecular weight is 456 g/mol. The predicted octanol–water partition coefficient (Wildman–Crippen LogP) is 4.34. The van der Waals surface area contributed by atoms with Crippen molar-refractivity contribution in [2.75, 3.05) is 43.4 Å². The molecule has 2 heterocycles. The molecule has 0 unspecified atom stereocenters. The molecular weight excluding hydrogens is 429 g/mol. The summed E-state index contributed by atoms with van der Waals surface area (Å²) < 4.78 is 14.7. The molecule has 1 aliphatic rings. The zero-order chi connectivity index (χ0) is 22.8. The van der Waals surface area contributed by atoms with Crippen molar-refractivity contribution in [1.29, 1.82) is 0 Å². The van der Waals surface area contributed by atoms with Gasteiger partial charge in [-0.15, -0.1) is 0 Å². The SMILES string of the molecule is Cc1cc(NC(=O)c2c(C)nn(Cc3ccc(F)cc3)c2Cl)ccc1N1CCN(C)CC1. The number of benzene rings is 2. The summed E-state index contributed by atoms with van der Waals surface area (Å²) in [5.74, 6) is -0.602. The lowest BCUT2D eigenvalue weighted by atomic mass is 10.1. The van der Waals surface area contributed by atoms with Crippen molar-refractivity contribution in [2.24, 2.45) is 0 Å². The van der Waals surface area contributed by atoms with Gasteiger partial charge in [0.2, 0.25) is 0 Å². The zero-order valence-corrected chi connectivity index (χ0v) is 19.3. The van der Waals surface area contributed by atoms with Crippen LogP contribution < -0.4 is 10.2 Å².